The Hall–Kier alpha value is -1.84. The predicted octanol–water partition coefficient (Wildman–Crippen LogP) is 3.79. The number of aliphatic hydroxyl groups excluding tert-OH is 1. The first-order valence-electron chi connectivity index (χ1n) is 8.51. The molecule has 1 heterocycles. The van der Waals surface area contributed by atoms with Gasteiger partial charge in [-0.05, 0) is 31.0 Å². The molecule has 0 aliphatic carbocycles. The molecule has 0 spiro atoms. The molecular weight excluding hydrogens is 284 g/mol. The molecule has 2 aromatic carbocycles. The van der Waals surface area contributed by atoms with E-state index in [0.29, 0.717) is 19.0 Å². The second-order valence-corrected chi connectivity index (χ2v) is 6.69. The molecule has 1 unspecified atom stereocenters. The van der Waals surface area contributed by atoms with Crippen LogP contribution in [-0.4, -0.2) is 28.9 Å². The van der Waals surface area contributed by atoms with Gasteiger partial charge in [-0.25, -0.2) is 0 Å². The van der Waals surface area contributed by atoms with Gasteiger partial charge in [0.05, 0.1) is 12.6 Å². The Labute approximate surface area is 137 Å². The van der Waals surface area contributed by atoms with Crippen LogP contribution >= 0.6 is 0 Å². The van der Waals surface area contributed by atoms with E-state index < -0.39 is 0 Å². The van der Waals surface area contributed by atoms with Crippen molar-refractivity contribution in [3.63, 3.8) is 0 Å². The molecule has 1 aromatic heterocycles. The van der Waals surface area contributed by atoms with Gasteiger partial charge in [-0.3, -0.25) is 0 Å². The standard InChI is InChI=1S/C20H26N2O/c1-15(2)11-12-21-13-16(23)14-22-19-9-5-3-7-17(19)18-8-4-6-10-20(18)22/h3-10,15-16,21,23H,11-14H2,1-2H3. The van der Waals surface area contributed by atoms with Gasteiger partial charge >= 0.3 is 0 Å². The Morgan fingerprint density at radius 1 is 0.957 bits per heavy atom. The predicted molar refractivity (Wildman–Crippen MR) is 97.8 cm³/mol. The van der Waals surface area contributed by atoms with E-state index in [0.717, 1.165) is 13.0 Å². The van der Waals surface area contributed by atoms with E-state index >= 15 is 0 Å². The number of benzene rings is 2. The first kappa shape index (κ1) is 16.0. The van der Waals surface area contributed by atoms with E-state index in [1.165, 1.54) is 21.8 Å². The van der Waals surface area contributed by atoms with Gasteiger partial charge in [0, 0.05) is 28.4 Å². The Morgan fingerprint density at radius 3 is 2.09 bits per heavy atom. The lowest BCUT2D eigenvalue weighted by molar-refractivity contribution is 0.154. The molecule has 3 heteroatoms. The summed E-state index contributed by atoms with van der Waals surface area (Å²) < 4.78 is 2.24. The Bertz CT molecular complexity index is 722. The number of fused-ring (bicyclic) bond motifs is 3. The highest BCUT2D eigenvalue weighted by molar-refractivity contribution is 6.07. The molecule has 2 N–H and O–H groups in total. The molecule has 0 aliphatic rings. The van der Waals surface area contributed by atoms with Gasteiger partial charge in [0.2, 0.25) is 0 Å². The van der Waals surface area contributed by atoms with E-state index in [1.54, 1.807) is 0 Å². The van der Waals surface area contributed by atoms with Crippen LogP contribution in [0.3, 0.4) is 0 Å². The zero-order chi connectivity index (χ0) is 16.2. The molecule has 0 bridgehead atoms. The van der Waals surface area contributed by atoms with Crippen LogP contribution in [-0.2, 0) is 6.54 Å². The van der Waals surface area contributed by atoms with Crippen LogP contribution in [0.25, 0.3) is 21.8 Å². The number of para-hydroxylation sites is 2. The third-order valence-electron chi connectivity index (χ3n) is 4.35. The summed E-state index contributed by atoms with van der Waals surface area (Å²) in [5.41, 5.74) is 2.38. The SMILES string of the molecule is CC(C)CCNCC(O)Cn1c2ccccc2c2ccccc21. The van der Waals surface area contributed by atoms with Crippen molar-refractivity contribution in [2.24, 2.45) is 5.92 Å². The van der Waals surface area contributed by atoms with Crippen LogP contribution in [0.1, 0.15) is 20.3 Å². The quantitative estimate of drug-likeness (QED) is 0.652. The molecule has 0 radical (unpaired) electrons. The van der Waals surface area contributed by atoms with Gasteiger partial charge in [-0.2, -0.15) is 0 Å². The fourth-order valence-corrected chi connectivity index (χ4v) is 3.13. The van der Waals surface area contributed by atoms with E-state index in [-0.39, 0.29) is 6.10 Å². The van der Waals surface area contributed by atoms with Gasteiger partial charge in [-0.1, -0.05) is 50.2 Å². The van der Waals surface area contributed by atoms with Gasteiger partial charge in [0.15, 0.2) is 0 Å². The van der Waals surface area contributed by atoms with Crippen molar-refractivity contribution >= 4 is 21.8 Å². The number of aliphatic hydroxyl groups is 1. The first-order chi connectivity index (χ1) is 11.2. The van der Waals surface area contributed by atoms with Gasteiger partial charge in [0.1, 0.15) is 0 Å². The highest BCUT2D eigenvalue weighted by Gasteiger charge is 2.12. The van der Waals surface area contributed by atoms with Crippen molar-refractivity contribution in [1.29, 1.82) is 0 Å². The fourth-order valence-electron chi connectivity index (χ4n) is 3.13. The highest BCUT2D eigenvalue weighted by atomic mass is 16.3. The molecule has 3 aromatic rings. The number of hydrogen-bond donors (Lipinski definition) is 2. The van der Waals surface area contributed by atoms with Crippen molar-refractivity contribution in [2.75, 3.05) is 13.1 Å². The molecule has 23 heavy (non-hydrogen) atoms. The molecule has 0 fully saturated rings. The topological polar surface area (TPSA) is 37.2 Å². The van der Waals surface area contributed by atoms with Crippen LogP contribution in [0.5, 0.6) is 0 Å². The van der Waals surface area contributed by atoms with Crippen molar-refractivity contribution in [1.82, 2.24) is 9.88 Å². The zero-order valence-electron chi connectivity index (χ0n) is 14.0. The summed E-state index contributed by atoms with van der Waals surface area (Å²) in [5, 5.41) is 16.3. The molecule has 1 atom stereocenters. The average molecular weight is 310 g/mol. The van der Waals surface area contributed by atoms with E-state index in [9.17, 15) is 5.11 Å². The summed E-state index contributed by atoms with van der Waals surface area (Å²) in [5.74, 6) is 0.692. The number of nitrogens with zero attached hydrogens (tertiary/aromatic N) is 1. The van der Waals surface area contributed by atoms with Crippen molar-refractivity contribution in [3.8, 4) is 0 Å². The molecule has 0 saturated carbocycles. The van der Waals surface area contributed by atoms with E-state index in [1.807, 2.05) is 0 Å². The summed E-state index contributed by atoms with van der Waals surface area (Å²) in [4.78, 5) is 0. The Morgan fingerprint density at radius 2 is 1.52 bits per heavy atom. The van der Waals surface area contributed by atoms with Crippen LogP contribution in [0.15, 0.2) is 48.5 Å². The second-order valence-electron chi connectivity index (χ2n) is 6.69. The lowest BCUT2D eigenvalue weighted by atomic mass is 10.1. The molecule has 3 nitrogen and oxygen atoms in total. The number of hydrogen-bond acceptors (Lipinski definition) is 2. The molecule has 0 amide bonds. The smallest absolute Gasteiger partial charge is 0.0843 e. The molecule has 0 saturated heterocycles. The van der Waals surface area contributed by atoms with Gasteiger partial charge in [0.25, 0.3) is 0 Å². The maximum Gasteiger partial charge on any atom is 0.0843 e. The third-order valence-corrected chi connectivity index (χ3v) is 4.35. The zero-order valence-corrected chi connectivity index (χ0v) is 14.0. The first-order valence-corrected chi connectivity index (χ1v) is 8.51. The second kappa shape index (κ2) is 7.16. The van der Waals surface area contributed by atoms with Crippen LogP contribution in [0.2, 0.25) is 0 Å². The summed E-state index contributed by atoms with van der Waals surface area (Å²) in [6, 6.07) is 16.8. The third kappa shape index (κ3) is 3.57. The van der Waals surface area contributed by atoms with Gasteiger partial charge < -0.3 is 15.0 Å². The number of nitrogens with one attached hydrogen (secondary N) is 1. The minimum absolute atomic E-state index is 0.388. The van der Waals surface area contributed by atoms with Crippen LogP contribution in [0.4, 0.5) is 0 Å². The minimum Gasteiger partial charge on any atom is -0.390 e. The molecule has 0 aliphatic heterocycles. The summed E-state index contributed by atoms with van der Waals surface area (Å²) >= 11 is 0. The maximum atomic E-state index is 10.4. The minimum atomic E-state index is -0.388. The fraction of sp³-hybridized carbons (Fsp3) is 0.400. The van der Waals surface area contributed by atoms with Crippen LogP contribution < -0.4 is 5.32 Å². The molecule has 3 rings (SSSR count). The Balaban J connectivity index is 1.79. The highest BCUT2D eigenvalue weighted by Crippen LogP contribution is 2.28. The number of aromatic nitrogens is 1. The largest absolute Gasteiger partial charge is 0.390 e. The van der Waals surface area contributed by atoms with Crippen LogP contribution in [0, 0.1) is 5.92 Å². The number of rotatable bonds is 7. The normalized spacial score (nSPS) is 13.2. The molecular formula is C20H26N2O. The monoisotopic (exact) mass is 310 g/mol. The van der Waals surface area contributed by atoms with Crippen molar-refractivity contribution in [3.05, 3.63) is 48.5 Å². The lowest BCUT2D eigenvalue weighted by Gasteiger charge is -2.15. The van der Waals surface area contributed by atoms with Crippen molar-refractivity contribution in [2.45, 2.75) is 32.9 Å². The van der Waals surface area contributed by atoms with Crippen molar-refractivity contribution < 1.29 is 5.11 Å². The molecule has 122 valence electrons. The van der Waals surface area contributed by atoms with E-state index in [2.05, 4.69) is 72.3 Å². The summed E-state index contributed by atoms with van der Waals surface area (Å²) in [6.07, 6.45) is 0.753. The summed E-state index contributed by atoms with van der Waals surface area (Å²) in [7, 11) is 0. The lowest BCUT2D eigenvalue weighted by Crippen LogP contribution is -2.31. The van der Waals surface area contributed by atoms with E-state index in [4.69, 9.17) is 0 Å². The average Bonchev–Trinajstić information content (AvgIpc) is 2.86. The maximum absolute atomic E-state index is 10.4. The van der Waals surface area contributed by atoms with Gasteiger partial charge in [-0.15, -0.1) is 0 Å². The summed E-state index contributed by atoms with van der Waals surface area (Å²) in [6.45, 7) is 6.64. The Kier molecular flexibility index (Phi) is 4.99.